The highest BCUT2D eigenvalue weighted by Crippen LogP contribution is 2.18. The molecule has 0 N–H and O–H groups in total. The summed E-state index contributed by atoms with van der Waals surface area (Å²) in [6.45, 7) is -0.435. The second-order valence-corrected chi connectivity index (χ2v) is 2.93. The van der Waals surface area contributed by atoms with Gasteiger partial charge in [0.2, 0.25) is 0 Å². The maximum atomic E-state index is 11.8. The molecule has 88 valence electrons. The predicted octanol–water partition coefficient (Wildman–Crippen LogP) is 2.30. The molecule has 0 aromatic heterocycles. The normalized spacial score (nSPS) is 11.0. The smallest absolute Gasteiger partial charge is 0.490 e. The van der Waals surface area contributed by atoms with E-state index in [2.05, 4.69) is 4.74 Å². The Bertz CT molecular complexity index is 374. The molecule has 0 amide bonds. The molecular formula is C10H9F3O3. The van der Waals surface area contributed by atoms with Gasteiger partial charge in [-0.25, -0.2) is 4.79 Å². The lowest BCUT2D eigenvalue weighted by Crippen LogP contribution is -2.25. The fraction of sp³-hybridized carbons (Fsp3) is 0.300. The molecule has 0 saturated heterocycles. The number of rotatable bonds is 3. The molecule has 0 aliphatic heterocycles. The minimum absolute atomic E-state index is 0.428. The van der Waals surface area contributed by atoms with E-state index in [4.69, 9.17) is 4.74 Å². The van der Waals surface area contributed by atoms with E-state index in [0.717, 1.165) is 0 Å². The zero-order valence-corrected chi connectivity index (χ0v) is 8.38. The topological polar surface area (TPSA) is 35.5 Å². The summed E-state index contributed by atoms with van der Waals surface area (Å²) in [5, 5.41) is 0. The van der Waals surface area contributed by atoms with Gasteiger partial charge in [-0.15, -0.1) is 0 Å². The van der Waals surface area contributed by atoms with Gasteiger partial charge in [0.1, 0.15) is 12.4 Å². The Morgan fingerprint density at radius 2 is 2.06 bits per heavy atom. The molecule has 16 heavy (non-hydrogen) atoms. The Morgan fingerprint density at radius 3 is 2.62 bits per heavy atom. The first-order valence-electron chi connectivity index (χ1n) is 4.30. The summed E-state index contributed by atoms with van der Waals surface area (Å²) in [4.78, 5) is 10.4. The van der Waals surface area contributed by atoms with Crippen molar-refractivity contribution in [1.29, 1.82) is 0 Å². The lowest BCUT2D eigenvalue weighted by molar-refractivity contribution is -0.201. The van der Waals surface area contributed by atoms with Crippen molar-refractivity contribution in [2.45, 2.75) is 12.8 Å². The number of hydrogen-bond acceptors (Lipinski definition) is 3. The summed E-state index contributed by atoms with van der Waals surface area (Å²) in [6, 6.07) is 6.25. The van der Waals surface area contributed by atoms with Crippen LogP contribution in [0.5, 0.6) is 5.75 Å². The first kappa shape index (κ1) is 12.4. The Hall–Kier alpha value is -1.72. The predicted molar refractivity (Wildman–Crippen MR) is 48.8 cm³/mol. The van der Waals surface area contributed by atoms with Crippen molar-refractivity contribution in [3.8, 4) is 5.75 Å². The van der Waals surface area contributed by atoms with Crippen LogP contribution in [0.3, 0.4) is 0 Å². The van der Waals surface area contributed by atoms with Crippen LogP contribution in [0.25, 0.3) is 0 Å². The number of hydrogen-bond donors (Lipinski definition) is 0. The van der Waals surface area contributed by atoms with Gasteiger partial charge < -0.3 is 9.47 Å². The zero-order valence-electron chi connectivity index (χ0n) is 8.38. The third-order valence-electron chi connectivity index (χ3n) is 1.74. The van der Waals surface area contributed by atoms with Crippen molar-refractivity contribution >= 4 is 5.97 Å². The van der Waals surface area contributed by atoms with Crippen LogP contribution in [-0.2, 0) is 16.1 Å². The van der Waals surface area contributed by atoms with Gasteiger partial charge in [0.25, 0.3) is 0 Å². The van der Waals surface area contributed by atoms with Gasteiger partial charge in [-0.3, -0.25) is 0 Å². The van der Waals surface area contributed by atoms with Crippen LogP contribution < -0.4 is 4.74 Å². The van der Waals surface area contributed by atoms with Gasteiger partial charge in [-0.2, -0.15) is 13.2 Å². The Morgan fingerprint density at radius 1 is 1.38 bits per heavy atom. The zero-order chi connectivity index (χ0) is 12.2. The molecule has 0 aliphatic carbocycles. The van der Waals surface area contributed by atoms with Crippen LogP contribution in [0, 0.1) is 0 Å². The van der Waals surface area contributed by atoms with Gasteiger partial charge in [0.15, 0.2) is 0 Å². The van der Waals surface area contributed by atoms with Gasteiger partial charge in [0, 0.05) is 0 Å². The number of carbonyl (C=O) groups is 1. The van der Waals surface area contributed by atoms with Crippen molar-refractivity contribution in [3.05, 3.63) is 29.8 Å². The molecule has 6 heteroatoms. The highest BCUT2D eigenvalue weighted by molar-refractivity contribution is 5.75. The van der Waals surface area contributed by atoms with E-state index in [1.165, 1.54) is 19.2 Å². The summed E-state index contributed by atoms with van der Waals surface area (Å²) >= 11 is 0. The standard InChI is InChI=1S/C10H9F3O3/c1-15-8-4-2-3-7(5-8)6-16-9(14)10(11,12)13/h2-5H,6H2,1H3. The summed E-state index contributed by atoms with van der Waals surface area (Å²) in [7, 11) is 1.43. The molecule has 0 aliphatic rings. The average molecular weight is 234 g/mol. The SMILES string of the molecule is COc1cccc(COC(=O)C(F)(F)F)c1. The van der Waals surface area contributed by atoms with Crippen molar-refractivity contribution in [2.75, 3.05) is 7.11 Å². The molecule has 0 atom stereocenters. The first-order chi connectivity index (χ1) is 7.43. The molecule has 1 aromatic rings. The highest BCUT2D eigenvalue weighted by Gasteiger charge is 2.40. The summed E-state index contributed by atoms with van der Waals surface area (Å²) in [5.41, 5.74) is 0.428. The maximum absolute atomic E-state index is 11.8. The van der Waals surface area contributed by atoms with Crippen LogP contribution in [0.15, 0.2) is 24.3 Å². The van der Waals surface area contributed by atoms with Gasteiger partial charge in [-0.05, 0) is 17.7 Å². The molecule has 0 fully saturated rings. The van der Waals surface area contributed by atoms with E-state index in [-0.39, 0.29) is 0 Å². The number of methoxy groups -OCH3 is 1. The molecule has 0 bridgehead atoms. The second kappa shape index (κ2) is 4.87. The lowest BCUT2D eigenvalue weighted by atomic mass is 10.2. The van der Waals surface area contributed by atoms with Crippen LogP contribution in [0.2, 0.25) is 0 Å². The van der Waals surface area contributed by atoms with Gasteiger partial charge in [0.05, 0.1) is 7.11 Å². The molecule has 3 nitrogen and oxygen atoms in total. The third kappa shape index (κ3) is 3.45. The molecule has 1 rings (SSSR count). The summed E-state index contributed by atoms with van der Waals surface area (Å²) < 4.78 is 44.3. The number of carbonyl (C=O) groups excluding carboxylic acids is 1. The highest BCUT2D eigenvalue weighted by atomic mass is 19.4. The molecule has 0 heterocycles. The number of alkyl halides is 3. The molecule has 0 radical (unpaired) electrons. The van der Waals surface area contributed by atoms with Crippen molar-refractivity contribution < 1.29 is 27.4 Å². The molecular weight excluding hydrogens is 225 g/mol. The van der Waals surface area contributed by atoms with Gasteiger partial charge >= 0.3 is 12.1 Å². The maximum Gasteiger partial charge on any atom is 0.490 e. The second-order valence-electron chi connectivity index (χ2n) is 2.93. The minimum Gasteiger partial charge on any atom is -0.497 e. The van der Waals surface area contributed by atoms with E-state index in [1.54, 1.807) is 12.1 Å². The average Bonchev–Trinajstić information content (AvgIpc) is 2.25. The number of esters is 1. The quantitative estimate of drug-likeness (QED) is 0.753. The lowest BCUT2D eigenvalue weighted by Gasteiger charge is -2.08. The van der Waals surface area contributed by atoms with Crippen molar-refractivity contribution in [2.24, 2.45) is 0 Å². The Balaban J connectivity index is 2.58. The fourth-order valence-corrected chi connectivity index (χ4v) is 0.993. The van der Waals surface area contributed by atoms with Crippen LogP contribution in [0.1, 0.15) is 5.56 Å². The van der Waals surface area contributed by atoms with Crippen molar-refractivity contribution in [1.82, 2.24) is 0 Å². The van der Waals surface area contributed by atoms with Crippen molar-refractivity contribution in [3.63, 3.8) is 0 Å². The summed E-state index contributed by atoms with van der Waals surface area (Å²) in [6.07, 6.45) is -4.96. The minimum atomic E-state index is -4.96. The third-order valence-corrected chi connectivity index (χ3v) is 1.74. The van der Waals surface area contributed by atoms with Gasteiger partial charge in [-0.1, -0.05) is 12.1 Å². The largest absolute Gasteiger partial charge is 0.497 e. The molecule has 0 saturated carbocycles. The van der Waals surface area contributed by atoms with E-state index < -0.39 is 18.8 Å². The molecule has 0 spiro atoms. The Kier molecular flexibility index (Phi) is 3.76. The van der Waals surface area contributed by atoms with E-state index in [0.29, 0.717) is 11.3 Å². The number of ether oxygens (including phenoxy) is 2. The van der Waals surface area contributed by atoms with E-state index in [1.807, 2.05) is 0 Å². The Labute approximate surface area is 89.8 Å². The van der Waals surface area contributed by atoms with Crippen LogP contribution in [-0.4, -0.2) is 19.3 Å². The number of benzene rings is 1. The van der Waals surface area contributed by atoms with Crippen LogP contribution >= 0.6 is 0 Å². The molecule has 0 unspecified atom stereocenters. The summed E-state index contributed by atoms with van der Waals surface area (Å²) in [5.74, 6) is -1.71. The monoisotopic (exact) mass is 234 g/mol. The molecule has 1 aromatic carbocycles. The fourth-order valence-electron chi connectivity index (χ4n) is 0.993. The van der Waals surface area contributed by atoms with E-state index in [9.17, 15) is 18.0 Å². The van der Waals surface area contributed by atoms with E-state index >= 15 is 0 Å². The number of halogens is 3. The first-order valence-corrected chi connectivity index (χ1v) is 4.30. The van der Waals surface area contributed by atoms with Crippen LogP contribution in [0.4, 0.5) is 13.2 Å².